The Kier molecular flexibility index (Phi) is 5.70. The van der Waals surface area contributed by atoms with Crippen LogP contribution in [0.5, 0.6) is 0 Å². The van der Waals surface area contributed by atoms with Crippen LogP contribution in [0.15, 0.2) is 82.8 Å². The van der Waals surface area contributed by atoms with Gasteiger partial charge in [0.15, 0.2) is 0 Å². The molecule has 1 unspecified atom stereocenters. The molecular weight excluding hydrogens is 461 g/mol. The van der Waals surface area contributed by atoms with Gasteiger partial charge in [0.2, 0.25) is 0 Å². The van der Waals surface area contributed by atoms with Gasteiger partial charge < -0.3 is 0 Å². The molecule has 0 aromatic heterocycles. The Labute approximate surface area is 188 Å². The van der Waals surface area contributed by atoms with Gasteiger partial charge in [0.25, 0.3) is 15.7 Å². The van der Waals surface area contributed by atoms with E-state index in [1.54, 1.807) is 48.5 Å². The third-order valence-electron chi connectivity index (χ3n) is 4.90. The largest absolute Gasteiger partial charge is 0.279 e. The fourth-order valence-corrected chi connectivity index (χ4v) is 4.99. The Morgan fingerprint density at radius 1 is 0.903 bits per heavy atom. The van der Waals surface area contributed by atoms with Crippen LogP contribution < -0.4 is 0 Å². The van der Waals surface area contributed by atoms with Gasteiger partial charge >= 0.3 is 0 Å². The Morgan fingerprint density at radius 3 is 2.00 bits per heavy atom. The minimum atomic E-state index is -4.07. The number of nitrogens with zero attached hydrogens (tertiary/aromatic N) is 3. The number of sulfonamides is 1. The van der Waals surface area contributed by atoms with Gasteiger partial charge in [-0.3, -0.25) is 10.1 Å². The molecule has 0 radical (unpaired) electrons. The molecule has 0 spiro atoms. The Morgan fingerprint density at radius 2 is 1.45 bits per heavy atom. The Balaban J connectivity index is 1.77. The number of hydrazone groups is 1. The molecule has 158 valence electrons. The predicted octanol–water partition coefficient (Wildman–Crippen LogP) is 5.44. The van der Waals surface area contributed by atoms with Gasteiger partial charge in [-0.15, -0.1) is 0 Å². The molecule has 1 heterocycles. The first-order chi connectivity index (χ1) is 14.8. The molecule has 0 saturated heterocycles. The number of non-ortho nitro benzene ring substituents is 1. The Bertz CT molecular complexity index is 1260. The van der Waals surface area contributed by atoms with Gasteiger partial charge in [-0.2, -0.15) is 17.9 Å². The van der Waals surface area contributed by atoms with E-state index in [-0.39, 0.29) is 10.6 Å². The normalized spacial score (nSPS) is 16.3. The van der Waals surface area contributed by atoms with Gasteiger partial charge in [0.1, 0.15) is 0 Å². The second-order valence-corrected chi connectivity index (χ2v) is 9.52. The van der Waals surface area contributed by atoms with Crippen LogP contribution in [0.1, 0.15) is 23.6 Å². The first-order valence-corrected chi connectivity index (χ1v) is 11.3. The van der Waals surface area contributed by atoms with Crippen LogP contribution >= 0.6 is 23.2 Å². The summed E-state index contributed by atoms with van der Waals surface area (Å²) in [5, 5.41) is 16.4. The van der Waals surface area contributed by atoms with E-state index in [9.17, 15) is 18.5 Å². The van der Waals surface area contributed by atoms with Crippen molar-refractivity contribution < 1.29 is 13.3 Å². The molecular formula is C21H15Cl2N3O4S. The number of halogens is 2. The first-order valence-electron chi connectivity index (χ1n) is 9.13. The third kappa shape index (κ3) is 4.27. The zero-order chi connectivity index (χ0) is 22.2. The molecule has 0 fully saturated rings. The van der Waals surface area contributed by atoms with Crippen molar-refractivity contribution in [2.45, 2.75) is 17.4 Å². The van der Waals surface area contributed by atoms with E-state index < -0.39 is 21.0 Å². The molecule has 1 aliphatic heterocycles. The lowest BCUT2D eigenvalue weighted by molar-refractivity contribution is -0.384. The van der Waals surface area contributed by atoms with Crippen LogP contribution in [0.25, 0.3) is 0 Å². The van der Waals surface area contributed by atoms with Gasteiger partial charge in [0, 0.05) is 28.6 Å². The molecule has 3 aromatic rings. The molecule has 0 bridgehead atoms. The second kappa shape index (κ2) is 8.30. The van der Waals surface area contributed by atoms with Crippen molar-refractivity contribution in [2.75, 3.05) is 0 Å². The summed E-state index contributed by atoms with van der Waals surface area (Å²) in [5.41, 5.74) is 1.87. The minimum Gasteiger partial charge on any atom is -0.258 e. The monoisotopic (exact) mass is 475 g/mol. The smallest absolute Gasteiger partial charge is 0.258 e. The van der Waals surface area contributed by atoms with Gasteiger partial charge in [-0.1, -0.05) is 47.5 Å². The van der Waals surface area contributed by atoms with Crippen molar-refractivity contribution in [2.24, 2.45) is 5.10 Å². The van der Waals surface area contributed by atoms with Crippen molar-refractivity contribution in [3.05, 3.63) is 104 Å². The molecule has 4 rings (SSSR count). The zero-order valence-electron chi connectivity index (χ0n) is 15.9. The summed E-state index contributed by atoms with van der Waals surface area (Å²) in [6.45, 7) is 0. The molecule has 0 aliphatic carbocycles. The third-order valence-corrected chi connectivity index (χ3v) is 7.10. The van der Waals surface area contributed by atoms with E-state index in [2.05, 4.69) is 5.10 Å². The highest BCUT2D eigenvalue weighted by Crippen LogP contribution is 2.37. The standard InChI is InChI=1S/C21H15Cl2N3O4S/c22-16-5-1-14(2-6-16)20-13-21(15-3-7-17(23)8-4-15)25(24-20)31(29,30)19-11-9-18(10-12-19)26(27)28/h1-12,21H,13H2. The second-order valence-electron chi connectivity index (χ2n) is 6.85. The fraction of sp³-hybridized carbons (Fsp3) is 0.0952. The first kappa shape index (κ1) is 21.3. The lowest BCUT2D eigenvalue weighted by Gasteiger charge is -2.23. The molecule has 31 heavy (non-hydrogen) atoms. The van der Waals surface area contributed by atoms with E-state index in [0.717, 1.165) is 27.7 Å². The Hall–Kier alpha value is -2.94. The topological polar surface area (TPSA) is 92.9 Å². The fourth-order valence-electron chi connectivity index (χ4n) is 3.31. The molecule has 3 aromatic carbocycles. The predicted molar refractivity (Wildman–Crippen MR) is 119 cm³/mol. The van der Waals surface area contributed by atoms with Crippen molar-refractivity contribution in [1.29, 1.82) is 0 Å². The molecule has 10 heteroatoms. The van der Waals surface area contributed by atoms with Crippen LogP contribution in [0, 0.1) is 10.1 Å². The van der Waals surface area contributed by atoms with Crippen LogP contribution in [0.2, 0.25) is 10.0 Å². The summed E-state index contributed by atoms with van der Waals surface area (Å²) in [6.07, 6.45) is 0.343. The van der Waals surface area contributed by atoms with Gasteiger partial charge in [0.05, 0.1) is 21.6 Å². The number of nitro groups is 1. The summed E-state index contributed by atoms with van der Waals surface area (Å²) >= 11 is 12.0. The average Bonchev–Trinajstić information content (AvgIpc) is 3.21. The maximum absolute atomic E-state index is 13.4. The lowest BCUT2D eigenvalue weighted by atomic mass is 9.99. The van der Waals surface area contributed by atoms with Crippen molar-refractivity contribution in [3.63, 3.8) is 0 Å². The molecule has 7 nitrogen and oxygen atoms in total. The van der Waals surface area contributed by atoms with Crippen LogP contribution in [0.4, 0.5) is 5.69 Å². The molecule has 0 amide bonds. The highest BCUT2D eigenvalue weighted by atomic mass is 35.5. The highest BCUT2D eigenvalue weighted by molar-refractivity contribution is 7.89. The number of rotatable bonds is 5. The molecule has 1 atom stereocenters. The average molecular weight is 476 g/mol. The molecule has 0 N–H and O–H groups in total. The van der Waals surface area contributed by atoms with E-state index in [4.69, 9.17) is 23.2 Å². The van der Waals surface area contributed by atoms with Gasteiger partial charge in [-0.25, -0.2) is 0 Å². The number of benzene rings is 3. The van der Waals surface area contributed by atoms with E-state index in [0.29, 0.717) is 22.2 Å². The quantitative estimate of drug-likeness (QED) is 0.362. The van der Waals surface area contributed by atoms with Crippen molar-refractivity contribution in [3.8, 4) is 0 Å². The molecule has 0 saturated carbocycles. The number of nitro benzene ring substituents is 1. The van der Waals surface area contributed by atoms with E-state index in [1.165, 1.54) is 12.1 Å². The van der Waals surface area contributed by atoms with E-state index >= 15 is 0 Å². The lowest BCUT2D eigenvalue weighted by Crippen LogP contribution is -2.27. The summed E-state index contributed by atoms with van der Waals surface area (Å²) < 4.78 is 27.9. The number of hydrogen-bond donors (Lipinski definition) is 0. The van der Waals surface area contributed by atoms with Crippen LogP contribution in [-0.2, 0) is 10.0 Å². The summed E-state index contributed by atoms with van der Waals surface area (Å²) in [5.74, 6) is 0. The summed E-state index contributed by atoms with van der Waals surface area (Å²) in [4.78, 5) is 10.2. The van der Waals surface area contributed by atoms with Crippen LogP contribution in [0.3, 0.4) is 0 Å². The van der Waals surface area contributed by atoms with Crippen LogP contribution in [-0.4, -0.2) is 23.5 Å². The zero-order valence-corrected chi connectivity index (χ0v) is 18.2. The summed E-state index contributed by atoms with van der Waals surface area (Å²) in [7, 11) is -4.07. The maximum atomic E-state index is 13.4. The van der Waals surface area contributed by atoms with Crippen molar-refractivity contribution in [1.82, 2.24) is 4.41 Å². The molecule has 1 aliphatic rings. The minimum absolute atomic E-state index is 0.0850. The van der Waals surface area contributed by atoms with Crippen molar-refractivity contribution >= 4 is 44.6 Å². The maximum Gasteiger partial charge on any atom is 0.279 e. The van der Waals surface area contributed by atoms with E-state index in [1.807, 2.05) is 0 Å². The number of hydrogen-bond acceptors (Lipinski definition) is 5. The SMILES string of the molecule is O=[N+]([O-])c1ccc(S(=O)(=O)N2N=C(c3ccc(Cl)cc3)CC2c2ccc(Cl)cc2)cc1. The highest BCUT2D eigenvalue weighted by Gasteiger charge is 2.37. The van der Waals surface area contributed by atoms with Gasteiger partial charge in [-0.05, 0) is 47.5 Å². The summed E-state index contributed by atoms with van der Waals surface area (Å²) in [6, 6.07) is 18.0.